The molecule has 0 aromatic rings. The van der Waals surface area contributed by atoms with Gasteiger partial charge < -0.3 is 15.8 Å². The average Bonchev–Trinajstić information content (AvgIpc) is 3.60. The molecule has 0 amide bonds. The third-order valence-electron chi connectivity index (χ3n) is 11.1. The first kappa shape index (κ1) is 28.0. The van der Waals surface area contributed by atoms with Gasteiger partial charge in [-0.05, 0) is 56.6 Å². The zero-order valence-electron chi connectivity index (χ0n) is 29.1. The molecular formula is C37H50IrN3OS. The van der Waals surface area contributed by atoms with Crippen molar-refractivity contribution < 1.29 is 29.0 Å². The SMILES string of the molecule is CC1C=C(C2=[C-]C[C@H](C)CC2)[N-]C[C@H]1C.[2H]C([2H])([2H])C1=NC2OC3=C([C@H]4CC=C5SC6CCCCC6C5=N4)[CH-]CCC3C2CC1.[Ir+3]. The summed E-state index contributed by atoms with van der Waals surface area (Å²) in [6.07, 6.45) is 23.8. The summed E-state index contributed by atoms with van der Waals surface area (Å²) >= 11 is 2.07. The van der Waals surface area contributed by atoms with Crippen LogP contribution >= 0.6 is 11.8 Å². The van der Waals surface area contributed by atoms with Crippen molar-refractivity contribution >= 4 is 23.2 Å². The molecule has 8 aliphatic rings. The van der Waals surface area contributed by atoms with Crippen LogP contribution in [0.15, 0.2) is 49.6 Å². The van der Waals surface area contributed by atoms with Gasteiger partial charge in [0.25, 0.3) is 0 Å². The number of hydrogen-bond donors (Lipinski definition) is 0. The molecule has 0 radical (unpaired) electrons. The smallest absolute Gasteiger partial charge is 0.769 e. The minimum Gasteiger partial charge on any atom is -0.769 e. The quantitative estimate of drug-likeness (QED) is 0.262. The van der Waals surface area contributed by atoms with Crippen LogP contribution in [0.5, 0.6) is 0 Å². The van der Waals surface area contributed by atoms with Crippen LogP contribution < -0.4 is 0 Å². The Hall–Kier alpha value is -1.23. The van der Waals surface area contributed by atoms with E-state index in [2.05, 4.69) is 67.5 Å². The molecule has 234 valence electrons. The molecule has 3 aliphatic carbocycles. The van der Waals surface area contributed by atoms with Crippen LogP contribution in [0.2, 0.25) is 0 Å². The fourth-order valence-electron chi connectivity index (χ4n) is 8.20. The second-order valence-corrected chi connectivity index (χ2v) is 15.4. The van der Waals surface area contributed by atoms with Crippen molar-refractivity contribution in [2.24, 2.45) is 45.5 Å². The third kappa shape index (κ3) is 6.54. The number of hydrogen-bond acceptors (Lipinski definition) is 4. The zero-order chi connectivity index (χ0) is 31.3. The summed E-state index contributed by atoms with van der Waals surface area (Å²) in [5.74, 6) is 4.60. The number of rotatable bonds is 2. The Morgan fingerprint density at radius 2 is 1.95 bits per heavy atom. The van der Waals surface area contributed by atoms with E-state index in [1.807, 2.05) is 0 Å². The average molecular weight is 780 g/mol. The molecule has 0 spiro atoms. The maximum atomic E-state index is 7.73. The summed E-state index contributed by atoms with van der Waals surface area (Å²) in [7, 11) is 0. The van der Waals surface area contributed by atoms with Crippen molar-refractivity contribution in [2.45, 2.75) is 122 Å². The van der Waals surface area contributed by atoms with E-state index in [1.165, 1.54) is 66.0 Å². The van der Waals surface area contributed by atoms with Crippen LogP contribution in [0.4, 0.5) is 0 Å². The molecular weight excluding hydrogens is 727 g/mol. The normalized spacial score (nSPS) is 40.9. The summed E-state index contributed by atoms with van der Waals surface area (Å²) in [5.41, 5.74) is 5.59. The first-order valence-electron chi connectivity index (χ1n) is 18.4. The molecule has 0 aromatic carbocycles. The van der Waals surface area contributed by atoms with Gasteiger partial charge in [0, 0.05) is 37.9 Å². The van der Waals surface area contributed by atoms with Gasteiger partial charge in [0.2, 0.25) is 0 Å². The topological polar surface area (TPSA) is 48.0 Å². The number of dihydropyridines is 1. The second-order valence-electron chi connectivity index (χ2n) is 14.1. The number of fused-ring (bicyclic) bond motifs is 6. The van der Waals surface area contributed by atoms with Crippen molar-refractivity contribution in [1.82, 2.24) is 0 Å². The second kappa shape index (κ2) is 13.6. The number of aliphatic imine (C=N–C) groups is 2. The van der Waals surface area contributed by atoms with E-state index in [4.69, 9.17) is 13.8 Å². The molecule has 5 heterocycles. The fourth-order valence-corrected chi connectivity index (χ4v) is 9.76. The Morgan fingerprint density at radius 1 is 1.07 bits per heavy atom. The van der Waals surface area contributed by atoms with E-state index in [1.54, 1.807) is 0 Å². The van der Waals surface area contributed by atoms with E-state index in [-0.39, 0.29) is 32.4 Å². The Balaban J connectivity index is 0.000000197. The van der Waals surface area contributed by atoms with Crippen LogP contribution in [0.25, 0.3) is 5.32 Å². The van der Waals surface area contributed by atoms with Gasteiger partial charge in [-0.15, -0.1) is 31.1 Å². The molecule has 4 nitrogen and oxygen atoms in total. The van der Waals surface area contributed by atoms with Gasteiger partial charge >= 0.3 is 20.1 Å². The van der Waals surface area contributed by atoms with E-state index in [0.717, 1.165) is 55.6 Å². The van der Waals surface area contributed by atoms with Crippen LogP contribution in [-0.2, 0) is 24.8 Å². The standard InChI is InChI=1S/C23H29N2OS.C14H21N.Ir/c1-13-9-10-15-14-6-4-7-16(22(14)26-23(15)24-13)18-11-12-20-21(25-18)17-5-2-3-8-19(17)27-20;1-10-4-6-13(7-5-10)14-8-11(2)12(3)9-15-14;/h7,12,14-15,17-19,23H,2-6,8-11H2,1H3;8,10-12H,4-6,9H2,1-3H3;/q-1;-2;+3/t14?,15?,17?,18-,19?,23?;10-,11?,12-;/m11./s1/i1D3;;. The third-order valence-corrected chi connectivity index (χ3v) is 12.6. The minimum absolute atomic E-state index is 0. The molecule has 43 heavy (non-hydrogen) atoms. The van der Waals surface area contributed by atoms with E-state index < -0.39 is 6.85 Å². The predicted octanol–water partition coefficient (Wildman–Crippen LogP) is 9.56. The van der Waals surface area contributed by atoms with Crippen molar-refractivity contribution in [3.05, 3.63) is 57.5 Å². The van der Waals surface area contributed by atoms with Crippen LogP contribution in [0, 0.1) is 48.0 Å². The van der Waals surface area contributed by atoms with E-state index in [9.17, 15) is 0 Å². The molecule has 5 aliphatic heterocycles. The van der Waals surface area contributed by atoms with Gasteiger partial charge in [-0.25, -0.2) is 12.0 Å². The summed E-state index contributed by atoms with van der Waals surface area (Å²) in [6, 6.07) is 0.161. The largest absolute Gasteiger partial charge is 3.00 e. The van der Waals surface area contributed by atoms with Crippen molar-refractivity contribution in [1.29, 1.82) is 0 Å². The number of thioether (sulfide) groups is 1. The Kier molecular flexibility index (Phi) is 8.89. The molecule has 9 atom stereocenters. The maximum absolute atomic E-state index is 7.73. The minimum atomic E-state index is -2.10. The van der Waals surface area contributed by atoms with Gasteiger partial charge in [0.1, 0.15) is 0 Å². The zero-order valence-corrected chi connectivity index (χ0v) is 29.3. The first-order valence-corrected chi connectivity index (χ1v) is 17.8. The monoisotopic (exact) mass is 780 g/mol. The Morgan fingerprint density at radius 3 is 2.77 bits per heavy atom. The Labute approximate surface area is 282 Å². The number of allylic oxidation sites excluding steroid dienone is 5. The van der Waals surface area contributed by atoms with Gasteiger partial charge in [-0.1, -0.05) is 70.8 Å². The molecule has 8 rings (SSSR count). The summed E-state index contributed by atoms with van der Waals surface area (Å²) in [5, 5.41) is 5.41. The van der Waals surface area contributed by atoms with Crippen LogP contribution in [-0.4, -0.2) is 35.5 Å². The molecule has 1 saturated carbocycles. The summed E-state index contributed by atoms with van der Waals surface area (Å²) in [4.78, 5) is 11.3. The van der Waals surface area contributed by atoms with Crippen LogP contribution in [0.1, 0.15) is 109 Å². The predicted molar refractivity (Wildman–Crippen MR) is 176 cm³/mol. The molecule has 0 N–H and O–H groups in total. The number of nitrogens with zero attached hydrogens (tertiary/aromatic N) is 3. The summed E-state index contributed by atoms with van der Waals surface area (Å²) in [6.45, 7) is 5.78. The maximum Gasteiger partial charge on any atom is 3.00 e. The van der Waals surface area contributed by atoms with E-state index >= 15 is 0 Å². The van der Waals surface area contributed by atoms with E-state index in [0.29, 0.717) is 41.7 Å². The number of ether oxygens (including phenoxy) is 1. The molecule has 6 unspecified atom stereocenters. The van der Waals surface area contributed by atoms with Crippen molar-refractivity contribution in [3.63, 3.8) is 0 Å². The van der Waals surface area contributed by atoms with Gasteiger partial charge in [0.15, 0.2) is 6.23 Å². The van der Waals surface area contributed by atoms with Gasteiger partial charge in [0.05, 0.1) is 5.71 Å². The van der Waals surface area contributed by atoms with Gasteiger partial charge in [-0.2, -0.15) is 11.6 Å². The molecule has 6 heteroatoms. The molecule has 3 fully saturated rings. The van der Waals surface area contributed by atoms with Crippen molar-refractivity contribution in [3.8, 4) is 0 Å². The van der Waals surface area contributed by atoms with Crippen molar-refractivity contribution in [2.75, 3.05) is 6.54 Å². The van der Waals surface area contributed by atoms with Crippen LogP contribution in [0.3, 0.4) is 0 Å². The first-order chi connectivity index (χ1) is 21.7. The fraction of sp³-hybridized carbons (Fsp3) is 0.703. The molecule has 0 aromatic heterocycles. The summed E-state index contributed by atoms with van der Waals surface area (Å²) < 4.78 is 29.6. The van der Waals surface area contributed by atoms with Gasteiger partial charge in [-0.3, -0.25) is 16.1 Å². The Bertz CT molecular complexity index is 1350. The molecule has 2 saturated heterocycles. The molecule has 0 bridgehead atoms.